The monoisotopic (exact) mass is 412 g/mol. The molecule has 8 heteroatoms. The van der Waals surface area contributed by atoms with Gasteiger partial charge in [0.1, 0.15) is 29.0 Å². The molecule has 0 saturated heterocycles. The number of rotatable bonds is 3. The molecule has 0 amide bonds. The summed E-state index contributed by atoms with van der Waals surface area (Å²) >= 11 is 1.62. The normalized spacial score (nSPS) is 20.1. The summed E-state index contributed by atoms with van der Waals surface area (Å²) < 4.78 is 31.6. The molecule has 0 radical (unpaired) electrons. The molecule has 3 heterocycles. The summed E-state index contributed by atoms with van der Waals surface area (Å²) in [6.07, 6.45) is 3.62. The molecule has 1 unspecified atom stereocenters. The van der Waals surface area contributed by atoms with Gasteiger partial charge < -0.3 is 5.11 Å². The molecule has 1 N–H and O–H groups in total. The third-order valence-corrected chi connectivity index (χ3v) is 7.25. The average Bonchev–Trinajstić information content (AvgIpc) is 3.24. The standard InChI is InChI=1S/C21H18F2N4OS/c22-13-2-1-3-14(23)18(13)19-17-12-6-10(9-28)7-15(12)29-21(17)27-16(8-24-19)25-26-20(27)11-4-5-11/h1-3,10-11,28H,4-9H2. The minimum Gasteiger partial charge on any atom is -0.396 e. The van der Waals surface area contributed by atoms with E-state index in [1.807, 2.05) is 0 Å². The zero-order chi connectivity index (χ0) is 19.7. The Balaban J connectivity index is 1.62. The zero-order valence-electron chi connectivity index (χ0n) is 15.5. The second kappa shape index (κ2) is 6.27. The van der Waals surface area contributed by atoms with Crippen LogP contribution in [0.3, 0.4) is 0 Å². The maximum absolute atomic E-state index is 14.7. The molecule has 1 atom stereocenters. The largest absolute Gasteiger partial charge is 0.396 e. The lowest BCUT2D eigenvalue weighted by Crippen LogP contribution is -2.13. The third kappa shape index (κ3) is 2.55. The molecule has 1 aromatic carbocycles. The summed E-state index contributed by atoms with van der Waals surface area (Å²) in [6.45, 7) is 0.324. The number of aromatic nitrogens is 3. The molecule has 148 valence electrons. The number of halogens is 2. The number of aliphatic hydroxyl groups is 1. The van der Waals surface area contributed by atoms with Gasteiger partial charge in [0.05, 0.1) is 11.3 Å². The smallest absolute Gasteiger partial charge is 0.160 e. The van der Waals surface area contributed by atoms with Crippen molar-refractivity contribution in [3.05, 3.63) is 63.0 Å². The Kier molecular flexibility index (Phi) is 3.77. The van der Waals surface area contributed by atoms with Gasteiger partial charge in [0.2, 0.25) is 0 Å². The van der Waals surface area contributed by atoms with Crippen LogP contribution in [0.2, 0.25) is 0 Å². The predicted octanol–water partition coefficient (Wildman–Crippen LogP) is 3.54. The molecule has 3 aromatic rings. The number of aliphatic hydroxyl groups excluding tert-OH is 1. The molecule has 2 aromatic heterocycles. The summed E-state index contributed by atoms with van der Waals surface area (Å²) in [5, 5.41) is 19.3. The average molecular weight is 412 g/mol. The number of fused-ring (bicyclic) bond motifs is 5. The van der Waals surface area contributed by atoms with E-state index in [-0.39, 0.29) is 24.6 Å². The fraction of sp³-hybridized carbons (Fsp3) is 0.381. The van der Waals surface area contributed by atoms with Gasteiger partial charge in [0, 0.05) is 23.0 Å². The summed E-state index contributed by atoms with van der Waals surface area (Å²) in [5.74, 6) is 0.916. The lowest BCUT2D eigenvalue weighted by Gasteiger charge is -2.13. The van der Waals surface area contributed by atoms with E-state index in [9.17, 15) is 13.9 Å². The van der Waals surface area contributed by atoms with Crippen molar-refractivity contribution in [2.45, 2.75) is 38.1 Å². The van der Waals surface area contributed by atoms with Gasteiger partial charge in [-0.3, -0.25) is 9.56 Å². The van der Waals surface area contributed by atoms with Crippen molar-refractivity contribution in [3.63, 3.8) is 0 Å². The molecule has 29 heavy (non-hydrogen) atoms. The van der Waals surface area contributed by atoms with Crippen LogP contribution in [0.1, 0.15) is 52.0 Å². The van der Waals surface area contributed by atoms with Crippen LogP contribution in [0.4, 0.5) is 8.78 Å². The lowest BCUT2D eigenvalue weighted by molar-refractivity contribution is 0.232. The van der Waals surface area contributed by atoms with E-state index in [1.54, 1.807) is 11.3 Å². The first-order valence-corrected chi connectivity index (χ1v) is 10.7. The predicted molar refractivity (Wildman–Crippen MR) is 105 cm³/mol. The van der Waals surface area contributed by atoms with Crippen LogP contribution in [0, 0.1) is 17.6 Å². The van der Waals surface area contributed by atoms with E-state index in [1.165, 1.54) is 18.2 Å². The highest BCUT2D eigenvalue weighted by Gasteiger charge is 2.38. The molecular weight excluding hydrogens is 394 g/mol. The maximum atomic E-state index is 14.7. The van der Waals surface area contributed by atoms with E-state index >= 15 is 0 Å². The Bertz CT molecular complexity index is 1160. The van der Waals surface area contributed by atoms with Crippen LogP contribution in [-0.2, 0) is 19.4 Å². The van der Waals surface area contributed by atoms with Gasteiger partial charge in [-0.05, 0) is 49.3 Å². The fourth-order valence-electron chi connectivity index (χ4n) is 4.45. The zero-order valence-corrected chi connectivity index (χ0v) is 16.3. The van der Waals surface area contributed by atoms with Crippen LogP contribution in [0.15, 0.2) is 23.2 Å². The molecule has 1 aliphatic heterocycles. The van der Waals surface area contributed by atoms with Gasteiger partial charge in [0.15, 0.2) is 5.82 Å². The number of hydrogen-bond acceptors (Lipinski definition) is 5. The minimum atomic E-state index is -0.619. The first-order valence-electron chi connectivity index (χ1n) is 9.84. The third-order valence-electron chi connectivity index (χ3n) is 6.01. The van der Waals surface area contributed by atoms with Crippen molar-refractivity contribution in [3.8, 4) is 5.00 Å². The molecule has 0 spiro atoms. The van der Waals surface area contributed by atoms with Crippen molar-refractivity contribution in [2.75, 3.05) is 6.61 Å². The highest BCUT2D eigenvalue weighted by Crippen LogP contribution is 2.46. The topological polar surface area (TPSA) is 63.3 Å². The van der Waals surface area contributed by atoms with Crippen LogP contribution in [-0.4, -0.2) is 32.2 Å². The van der Waals surface area contributed by atoms with Gasteiger partial charge in [-0.25, -0.2) is 8.78 Å². The van der Waals surface area contributed by atoms with Gasteiger partial charge >= 0.3 is 0 Å². The number of nitrogens with zero attached hydrogens (tertiary/aromatic N) is 4. The molecule has 2 aliphatic carbocycles. The Labute approximate surface area is 169 Å². The van der Waals surface area contributed by atoms with E-state index in [0.717, 1.165) is 46.1 Å². The molecular formula is C21H18F2N4OS. The number of hydrogen-bond donors (Lipinski definition) is 1. The van der Waals surface area contributed by atoms with Gasteiger partial charge in [-0.2, -0.15) is 0 Å². The maximum Gasteiger partial charge on any atom is 0.160 e. The number of thiophene rings is 1. The first-order chi connectivity index (χ1) is 14.2. The van der Waals surface area contributed by atoms with Crippen molar-refractivity contribution >= 4 is 17.0 Å². The molecule has 5 nitrogen and oxygen atoms in total. The second-order valence-electron chi connectivity index (χ2n) is 7.99. The summed E-state index contributed by atoms with van der Waals surface area (Å²) in [4.78, 5) is 5.80. The number of aliphatic imine (C=N–C) groups is 1. The van der Waals surface area contributed by atoms with Crippen LogP contribution in [0.25, 0.3) is 5.00 Å². The fourth-order valence-corrected chi connectivity index (χ4v) is 5.92. The van der Waals surface area contributed by atoms with E-state index in [4.69, 9.17) is 0 Å². The molecule has 1 fully saturated rings. The number of benzene rings is 1. The van der Waals surface area contributed by atoms with Crippen LogP contribution in [0.5, 0.6) is 0 Å². The highest BCUT2D eigenvalue weighted by atomic mass is 32.1. The van der Waals surface area contributed by atoms with E-state index in [0.29, 0.717) is 23.9 Å². The molecule has 1 saturated carbocycles. The van der Waals surface area contributed by atoms with Crippen molar-refractivity contribution < 1.29 is 13.9 Å². The van der Waals surface area contributed by atoms with Crippen molar-refractivity contribution in [1.29, 1.82) is 0 Å². The Morgan fingerprint density at radius 2 is 1.90 bits per heavy atom. The summed E-state index contributed by atoms with van der Waals surface area (Å²) in [5.41, 5.74) is 2.09. The lowest BCUT2D eigenvalue weighted by atomic mass is 9.97. The van der Waals surface area contributed by atoms with Crippen molar-refractivity contribution in [1.82, 2.24) is 14.8 Å². The molecule has 3 aliphatic rings. The minimum absolute atomic E-state index is 0.0894. The van der Waals surface area contributed by atoms with Crippen LogP contribution < -0.4 is 0 Å². The molecule has 0 bridgehead atoms. The first kappa shape index (κ1) is 17.4. The Morgan fingerprint density at radius 1 is 1.10 bits per heavy atom. The summed E-state index contributed by atoms with van der Waals surface area (Å²) in [6, 6.07) is 3.90. The van der Waals surface area contributed by atoms with Gasteiger partial charge in [0.25, 0.3) is 0 Å². The Hall–Kier alpha value is -2.45. The SMILES string of the molecule is OCC1Cc2sc3c(c2C1)C(c1c(F)cccc1F)=NCc1nnc(C2CC2)n1-3. The van der Waals surface area contributed by atoms with E-state index < -0.39 is 11.6 Å². The highest BCUT2D eigenvalue weighted by molar-refractivity contribution is 7.15. The van der Waals surface area contributed by atoms with E-state index in [2.05, 4.69) is 19.8 Å². The summed E-state index contributed by atoms with van der Waals surface area (Å²) in [7, 11) is 0. The van der Waals surface area contributed by atoms with Gasteiger partial charge in [-0.1, -0.05) is 6.07 Å². The quantitative estimate of drug-likeness (QED) is 0.716. The van der Waals surface area contributed by atoms with Gasteiger partial charge in [-0.15, -0.1) is 21.5 Å². The Morgan fingerprint density at radius 3 is 2.62 bits per heavy atom. The second-order valence-corrected chi connectivity index (χ2v) is 9.07. The molecule has 6 rings (SSSR count). The van der Waals surface area contributed by atoms with Crippen molar-refractivity contribution in [2.24, 2.45) is 10.9 Å². The van der Waals surface area contributed by atoms with Crippen LogP contribution >= 0.6 is 11.3 Å².